The molecule has 1 aromatic carbocycles. The zero-order valence-electron chi connectivity index (χ0n) is 13.2. The second-order valence-corrected chi connectivity index (χ2v) is 7.04. The van der Waals surface area contributed by atoms with Crippen molar-refractivity contribution in [1.82, 2.24) is 4.57 Å². The molecule has 0 saturated heterocycles. The van der Waals surface area contributed by atoms with Crippen molar-refractivity contribution in [3.05, 3.63) is 35.5 Å². The van der Waals surface area contributed by atoms with E-state index >= 15 is 0 Å². The minimum atomic E-state index is -4.20. The van der Waals surface area contributed by atoms with Crippen molar-refractivity contribution in [3.8, 4) is 0 Å². The van der Waals surface area contributed by atoms with Crippen LogP contribution < -0.4 is 0 Å². The van der Waals surface area contributed by atoms with E-state index in [-0.39, 0.29) is 5.41 Å². The summed E-state index contributed by atoms with van der Waals surface area (Å²) >= 11 is 0. The van der Waals surface area contributed by atoms with E-state index in [9.17, 15) is 13.2 Å². The molecule has 1 heterocycles. The number of rotatable bonds is 2. The molecule has 1 unspecified atom stereocenters. The molecular weight excluding hydrogens is 275 g/mol. The fourth-order valence-corrected chi connectivity index (χ4v) is 2.66. The number of hydrogen-bond acceptors (Lipinski definition) is 0. The Kier molecular flexibility index (Phi) is 3.85. The van der Waals surface area contributed by atoms with Gasteiger partial charge in [0, 0.05) is 24.1 Å². The van der Waals surface area contributed by atoms with Gasteiger partial charge < -0.3 is 4.57 Å². The molecule has 0 aliphatic heterocycles. The number of alkyl halides is 3. The molecule has 0 amide bonds. The minimum absolute atomic E-state index is 0.0972. The molecule has 21 heavy (non-hydrogen) atoms. The molecular formula is C17H22F3N. The summed E-state index contributed by atoms with van der Waals surface area (Å²) in [5.74, 6) is -1.44. The molecule has 1 aromatic heterocycles. The topological polar surface area (TPSA) is 4.93 Å². The molecule has 0 saturated carbocycles. The van der Waals surface area contributed by atoms with E-state index in [0.29, 0.717) is 5.56 Å². The highest BCUT2D eigenvalue weighted by Gasteiger charge is 2.37. The Morgan fingerprint density at radius 1 is 1.14 bits per heavy atom. The number of aromatic nitrogens is 1. The third kappa shape index (κ3) is 3.42. The third-order valence-corrected chi connectivity index (χ3v) is 3.81. The number of aryl methyl sites for hydroxylation is 1. The number of fused-ring (bicyclic) bond motifs is 1. The number of nitrogens with zero attached hydrogens (tertiary/aromatic N) is 1. The Morgan fingerprint density at radius 2 is 1.76 bits per heavy atom. The fourth-order valence-electron chi connectivity index (χ4n) is 2.66. The van der Waals surface area contributed by atoms with Crippen LogP contribution in [0.5, 0.6) is 0 Å². The molecule has 0 N–H and O–H groups in total. The zero-order chi connectivity index (χ0) is 16.0. The lowest BCUT2D eigenvalue weighted by atomic mass is 9.87. The van der Waals surface area contributed by atoms with Crippen LogP contribution in [0.2, 0.25) is 0 Å². The van der Waals surface area contributed by atoms with Crippen LogP contribution in [0.1, 0.15) is 44.7 Å². The Morgan fingerprint density at radius 3 is 2.29 bits per heavy atom. The second kappa shape index (κ2) is 5.08. The summed E-state index contributed by atoms with van der Waals surface area (Å²) in [4.78, 5) is 0. The highest BCUT2D eigenvalue weighted by atomic mass is 19.4. The highest BCUT2D eigenvalue weighted by Crippen LogP contribution is 2.36. The van der Waals surface area contributed by atoms with E-state index < -0.39 is 12.1 Å². The smallest absolute Gasteiger partial charge is 0.350 e. The van der Waals surface area contributed by atoms with Gasteiger partial charge in [-0.15, -0.1) is 0 Å². The van der Waals surface area contributed by atoms with Crippen LogP contribution in [0.15, 0.2) is 24.4 Å². The maximum atomic E-state index is 12.9. The predicted octanol–water partition coefficient (Wildman–Crippen LogP) is 5.43. The molecule has 1 atom stereocenters. The van der Waals surface area contributed by atoms with Gasteiger partial charge in [-0.3, -0.25) is 0 Å². The van der Waals surface area contributed by atoms with Crippen LogP contribution in [0.4, 0.5) is 13.2 Å². The van der Waals surface area contributed by atoms with E-state index in [1.807, 2.05) is 17.8 Å². The maximum absolute atomic E-state index is 12.9. The van der Waals surface area contributed by atoms with Gasteiger partial charge in [-0.2, -0.15) is 13.2 Å². The molecule has 0 aliphatic rings. The molecule has 0 aliphatic carbocycles. The van der Waals surface area contributed by atoms with Crippen molar-refractivity contribution in [1.29, 1.82) is 0 Å². The first-order valence-corrected chi connectivity index (χ1v) is 7.13. The maximum Gasteiger partial charge on any atom is 0.395 e. The first-order valence-electron chi connectivity index (χ1n) is 7.13. The first-order chi connectivity index (χ1) is 9.49. The van der Waals surface area contributed by atoms with E-state index in [1.54, 1.807) is 18.2 Å². The normalized spacial score (nSPS) is 14.7. The average molecular weight is 297 g/mol. The first kappa shape index (κ1) is 15.9. The summed E-state index contributed by atoms with van der Waals surface area (Å²) in [7, 11) is 1.93. The van der Waals surface area contributed by atoms with Crippen molar-refractivity contribution >= 4 is 10.9 Å². The summed E-state index contributed by atoms with van der Waals surface area (Å²) in [5.41, 5.74) is 2.51. The van der Waals surface area contributed by atoms with Gasteiger partial charge in [0.25, 0.3) is 0 Å². The minimum Gasteiger partial charge on any atom is -0.350 e. The standard InChI is InChI=1S/C17H22F3N/c1-11(17(18,19)20)12-6-7-15-14(8-12)13(10-21(15)5)9-16(2,3)4/h6-8,10-11H,9H2,1-5H3. The van der Waals surface area contributed by atoms with E-state index in [1.165, 1.54) is 6.92 Å². The average Bonchev–Trinajstić information content (AvgIpc) is 2.61. The van der Waals surface area contributed by atoms with Crippen molar-refractivity contribution in [2.75, 3.05) is 0 Å². The van der Waals surface area contributed by atoms with E-state index in [0.717, 1.165) is 22.9 Å². The number of hydrogen-bond donors (Lipinski definition) is 0. The van der Waals surface area contributed by atoms with Gasteiger partial charge in [-0.05, 0) is 42.0 Å². The SMILES string of the molecule is CC(c1ccc2c(c1)c(CC(C)(C)C)cn2C)C(F)(F)F. The molecule has 4 heteroatoms. The molecule has 116 valence electrons. The van der Waals surface area contributed by atoms with Gasteiger partial charge in [0.2, 0.25) is 0 Å². The van der Waals surface area contributed by atoms with Gasteiger partial charge in [0.05, 0.1) is 5.92 Å². The van der Waals surface area contributed by atoms with Gasteiger partial charge in [-0.1, -0.05) is 26.8 Å². The lowest BCUT2D eigenvalue weighted by Crippen LogP contribution is -2.17. The van der Waals surface area contributed by atoms with Gasteiger partial charge in [-0.25, -0.2) is 0 Å². The molecule has 0 fully saturated rings. The van der Waals surface area contributed by atoms with Crippen molar-refractivity contribution in [2.24, 2.45) is 12.5 Å². The summed E-state index contributed by atoms with van der Waals surface area (Å²) in [6.07, 6.45) is -1.33. The second-order valence-electron chi connectivity index (χ2n) is 7.04. The molecule has 2 rings (SSSR count). The molecule has 2 aromatic rings. The summed E-state index contributed by atoms with van der Waals surface area (Å²) in [6.45, 7) is 7.61. The molecule has 0 radical (unpaired) electrons. The van der Waals surface area contributed by atoms with Crippen LogP contribution in [0, 0.1) is 5.41 Å². The highest BCUT2D eigenvalue weighted by molar-refractivity contribution is 5.85. The zero-order valence-corrected chi connectivity index (χ0v) is 13.2. The van der Waals surface area contributed by atoms with E-state index in [4.69, 9.17) is 0 Å². The lowest BCUT2D eigenvalue weighted by Gasteiger charge is -2.18. The van der Waals surface area contributed by atoms with Crippen LogP contribution in [0.25, 0.3) is 10.9 Å². The van der Waals surface area contributed by atoms with Crippen LogP contribution in [0.3, 0.4) is 0 Å². The molecule has 0 bridgehead atoms. The number of benzene rings is 1. The monoisotopic (exact) mass is 297 g/mol. The Bertz CT molecular complexity index is 644. The Hall–Kier alpha value is -1.45. The van der Waals surface area contributed by atoms with Gasteiger partial charge in [0.1, 0.15) is 0 Å². The Labute approximate surface area is 123 Å². The summed E-state index contributed by atoms with van der Waals surface area (Å²) < 4.78 is 40.7. The quantitative estimate of drug-likeness (QED) is 0.696. The van der Waals surface area contributed by atoms with Crippen molar-refractivity contribution in [2.45, 2.75) is 46.2 Å². The molecule has 1 nitrogen and oxygen atoms in total. The largest absolute Gasteiger partial charge is 0.395 e. The van der Waals surface area contributed by atoms with E-state index in [2.05, 4.69) is 20.8 Å². The molecule has 0 spiro atoms. The van der Waals surface area contributed by atoms with Crippen LogP contribution in [-0.4, -0.2) is 10.7 Å². The summed E-state index contributed by atoms with van der Waals surface area (Å²) in [5, 5.41) is 0.932. The lowest BCUT2D eigenvalue weighted by molar-refractivity contribution is -0.146. The fraction of sp³-hybridized carbons (Fsp3) is 0.529. The van der Waals surface area contributed by atoms with Crippen molar-refractivity contribution < 1.29 is 13.2 Å². The van der Waals surface area contributed by atoms with Crippen LogP contribution in [-0.2, 0) is 13.5 Å². The van der Waals surface area contributed by atoms with Crippen molar-refractivity contribution in [3.63, 3.8) is 0 Å². The van der Waals surface area contributed by atoms with Gasteiger partial charge >= 0.3 is 6.18 Å². The van der Waals surface area contributed by atoms with Crippen LogP contribution >= 0.6 is 0 Å². The summed E-state index contributed by atoms with van der Waals surface area (Å²) in [6, 6.07) is 5.08. The van der Waals surface area contributed by atoms with Gasteiger partial charge in [0.15, 0.2) is 0 Å². The third-order valence-electron chi connectivity index (χ3n) is 3.81. The number of halogens is 3. The predicted molar refractivity (Wildman–Crippen MR) is 80.5 cm³/mol. The Balaban J connectivity index is 2.53.